The van der Waals surface area contributed by atoms with E-state index in [4.69, 9.17) is 11.6 Å². The third-order valence-corrected chi connectivity index (χ3v) is 3.08. The lowest BCUT2D eigenvalue weighted by Gasteiger charge is -2.10. The minimum Gasteiger partial charge on any atom is -0.478 e. The highest BCUT2D eigenvalue weighted by Crippen LogP contribution is 2.30. The predicted molar refractivity (Wildman–Crippen MR) is 73.3 cm³/mol. The molecule has 2 rings (SSSR count). The van der Waals surface area contributed by atoms with Crippen molar-refractivity contribution in [2.24, 2.45) is 0 Å². The summed E-state index contributed by atoms with van der Waals surface area (Å²) in [4.78, 5) is 11.3. The van der Waals surface area contributed by atoms with Gasteiger partial charge in [-0.25, -0.2) is 4.79 Å². The van der Waals surface area contributed by atoms with Gasteiger partial charge >= 0.3 is 5.97 Å². The quantitative estimate of drug-likeness (QED) is 0.873. The smallest absolute Gasteiger partial charge is 0.337 e. The van der Waals surface area contributed by atoms with Crippen molar-refractivity contribution in [2.75, 3.05) is 0 Å². The highest BCUT2D eigenvalue weighted by Gasteiger charge is 2.15. The van der Waals surface area contributed by atoms with Crippen molar-refractivity contribution in [1.82, 2.24) is 0 Å². The molecule has 3 heteroatoms. The minimum atomic E-state index is -1.00. The highest BCUT2D eigenvalue weighted by atomic mass is 35.5. The van der Waals surface area contributed by atoms with Crippen LogP contribution >= 0.6 is 11.6 Å². The van der Waals surface area contributed by atoms with Crippen molar-refractivity contribution < 1.29 is 9.90 Å². The molecule has 0 aliphatic heterocycles. The first-order valence-electron chi connectivity index (χ1n) is 5.59. The Hall–Kier alpha value is -1.80. The Bertz CT molecular complexity index is 598. The van der Waals surface area contributed by atoms with E-state index >= 15 is 0 Å². The largest absolute Gasteiger partial charge is 0.478 e. The summed E-state index contributed by atoms with van der Waals surface area (Å²) in [7, 11) is 0. The monoisotopic (exact) mass is 260 g/mol. The standard InChI is InChI=1S/C15H13ClO2/c1-9-6-10(2)8-11(7-9)12-4-3-5-13(16)14(12)15(17)18/h3-8H,1-2H3,(H,17,18). The van der Waals surface area contributed by atoms with Gasteiger partial charge in [0.05, 0.1) is 10.6 Å². The van der Waals surface area contributed by atoms with Crippen LogP contribution in [0.2, 0.25) is 5.02 Å². The molecule has 0 fully saturated rings. The summed E-state index contributed by atoms with van der Waals surface area (Å²) >= 11 is 5.97. The van der Waals surface area contributed by atoms with E-state index in [0.29, 0.717) is 5.56 Å². The second-order valence-electron chi connectivity index (χ2n) is 4.34. The molecule has 0 aliphatic rings. The van der Waals surface area contributed by atoms with Crippen LogP contribution in [0, 0.1) is 13.8 Å². The number of halogens is 1. The number of rotatable bonds is 2. The van der Waals surface area contributed by atoms with E-state index in [1.165, 1.54) is 0 Å². The maximum Gasteiger partial charge on any atom is 0.337 e. The van der Waals surface area contributed by atoms with Crippen molar-refractivity contribution in [1.29, 1.82) is 0 Å². The number of hydrogen-bond donors (Lipinski definition) is 1. The number of carboxylic acids is 1. The highest BCUT2D eigenvalue weighted by molar-refractivity contribution is 6.34. The van der Waals surface area contributed by atoms with Crippen molar-refractivity contribution >= 4 is 17.6 Å². The fourth-order valence-electron chi connectivity index (χ4n) is 2.11. The zero-order chi connectivity index (χ0) is 13.3. The molecule has 0 heterocycles. The summed E-state index contributed by atoms with van der Waals surface area (Å²) in [5.41, 5.74) is 3.89. The average molecular weight is 261 g/mol. The van der Waals surface area contributed by atoms with Gasteiger partial charge in [0.2, 0.25) is 0 Å². The van der Waals surface area contributed by atoms with Crippen LogP contribution in [0.1, 0.15) is 21.5 Å². The third-order valence-electron chi connectivity index (χ3n) is 2.76. The molecular weight excluding hydrogens is 248 g/mol. The first-order valence-corrected chi connectivity index (χ1v) is 5.97. The average Bonchev–Trinajstić information content (AvgIpc) is 2.26. The number of hydrogen-bond acceptors (Lipinski definition) is 1. The molecule has 0 saturated carbocycles. The molecule has 0 amide bonds. The van der Waals surface area contributed by atoms with E-state index in [1.54, 1.807) is 18.2 Å². The molecular formula is C15H13ClO2. The van der Waals surface area contributed by atoms with Crippen LogP contribution in [0.4, 0.5) is 0 Å². The SMILES string of the molecule is Cc1cc(C)cc(-c2cccc(Cl)c2C(=O)O)c1. The van der Waals surface area contributed by atoms with Crippen LogP contribution in [0.3, 0.4) is 0 Å². The summed E-state index contributed by atoms with van der Waals surface area (Å²) < 4.78 is 0. The van der Waals surface area contributed by atoms with E-state index in [9.17, 15) is 9.90 Å². The van der Waals surface area contributed by atoms with Gasteiger partial charge in [0.1, 0.15) is 0 Å². The lowest BCUT2D eigenvalue weighted by Crippen LogP contribution is -2.01. The Morgan fingerprint density at radius 3 is 2.28 bits per heavy atom. The first kappa shape index (κ1) is 12.7. The topological polar surface area (TPSA) is 37.3 Å². The fraction of sp³-hybridized carbons (Fsp3) is 0.133. The van der Waals surface area contributed by atoms with Crippen LogP contribution in [0.15, 0.2) is 36.4 Å². The first-order chi connectivity index (χ1) is 8.49. The van der Waals surface area contributed by atoms with E-state index in [1.807, 2.05) is 26.0 Å². The van der Waals surface area contributed by atoms with E-state index in [-0.39, 0.29) is 10.6 Å². The van der Waals surface area contributed by atoms with E-state index in [0.717, 1.165) is 16.7 Å². The van der Waals surface area contributed by atoms with Gasteiger partial charge in [-0.1, -0.05) is 53.1 Å². The number of benzene rings is 2. The molecule has 0 aliphatic carbocycles. The van der Waals surface area contributed by atoms with Crippen molar-refractivity contribution in [2.45, 2.75) is 13.8 Å². The van der Waals surface area contributed by atoms with Gasteiger partial charge in [-0.2, -0.15) is 0 Å². The fourth-order valence-corrected chi connectivity index (χ4v) is 2.37. The Morgan fingerprint density at radius 1 is 1.11 bits per heavy atom. The number of carbonyl (C=O) groups is 1. The van der Waals surface area contributed by atoms with Crippen molar-refractivity contribution in [3.8, 4) is 11.1 Å². The van der Waals surface area contributed by atoms with Crippen LogP contribution in [0.5, 0.6) is 0 Å². The Labute approximate surface area is 111 Å². The maximum absolute atomic E-state index is 11.3. The maximum atomic E-state index is 11.3. The summed E-state index contributed by atoms with van der Waals surface area (Å²) in [5, 5.41) is 9.53. The molecule has 0 atom stereocenters. The normalized spacial score (nSPS) is 10.4. The van der Waals surface area contributed by atoms with Crippen molar-refractivity contribution in [3.63, 3.8) is 0 Å². The Morgan fingerprint density at radius 2 is 1.72 bits per heavy atom. The second kappa shape index (κ2) is 4.83. The van der Waals surface area contributed by atoms with Crippen LogP contribution < -0.4 is 0 Å². The predicted octanol–water partition coefficient (Wildman–Crippen LogP) is 4.32. The number of carboxylic acid groups (broad SMARTS) is 1. The third kappa shape index (κ3) is 2.39. The lowest BCUT2D eigenvalue weighted by atomic mass is 9.96. The van der Waals surface area contributed by atoms with Gasteiger partial charge < -0.3 is 5.11 Å². The number of aryl methyl sites for hydroxylation is 2. The molecule has 2 aromatic carbocycles. The molecule has 0 unspecified atom stereocenters. The second-order valence-corrected chi connectivity index (χ2v) is 4.75. The summed E-state index contributed by atoms with van der Waals surface area (Å²) in [6, 6.07) is 11.1. The Kier molecular flexibility index (Phi) is 3.39. The van der Waals surface area contributed by atoms with Gasteiger partial charge in [0, 0.05) is 0 Å². The molecule has 2 nitrogen and oxygen atoms in total. The zero-order valence-electron chi connectivity index (χ0n) is 10.2. The lowest BCUT2D eigenvalue weighted by molar-refractivity contribution is 0.0698. The van der Waals surface area contributed by atoms with E-state index in [2.05, 4.69) is 6.07 Å². The molecule has 1 N–H and O–H groups in total. The van der Waals surface area contributed by atoms with Gasteiger partial charge in [0.25, 0.3) is 0 Å². The molecule has 0 radical (unpaired) electrons. The van der Waals surface area contributed by atoms with Gasteiger partial charge in [-0.15, -0.1) is 0 Å². The summed E-state index contributed by atoms with van der Waals surface area (Å²) in [5.74, 6) is -1.00. The van der Waals surface area contributed by atoms with Crippen molar-refractivity contribution in [3.05, 3.63) is 58.1 Å². The molecule has 18 heavy (non-hydrogen) atoms. The van der Waals surface area contributed by atoms with Gasteiger partial charge in [0.15, 0.2) is 0 Å². The molecule has 0 aromatic heterocycles. The molecule has 2 aromatic rings. The summed E-state index contributed by atoms with van der Waals surface area (Å²) in [6.07, 6.45) is 0. The molecule has 0 saturated heterocycles. The zero-order valence-corrected chi connectivity index (χ0v) is 11.0. The van der Waals surface area contributed by atoms with Crippen LogP contribution in [-0.2, 0) is 0 Å². The van der Waals surface area contributed by atoms with E-state index < -0.39 is 5.97 Å². The van der Waals surface area contributed by atoms with Crippen LogP contribution in [0.25, 0.3) is 11.1 Å². The molecule has 92 valence electrons. The van der Waals surface area contributed by atoms with Gasteiger partial charge in [-0.3, -0.25) is 0 Å². The van der Waals surface area contributed by atoms with Crippen LogP contribution in [-0.4, -0.2) is 11.1 Å². The number of aromatic carboxylic acids is 1. The molecule has 0 spiro atoms. The summed E-state index contributed by atoms with van der Waals surface area (Å²) in [6.45, 7) is 3.98. The molecule has 0 bridgehead atoms. The Balaban J connectivity index is 2.71. The van der Waals surface area contributed by atoms with Gasteiger partial charge in [-0.05, 0) is 31.0 Å². The minimum absolute atomic E-state index is 0.157.